The van der Waals surface area contributed by atoms with Crippen LogP contribution in [-0.2, 0) is 6.42 Å². The normalized spacial score (nSPS) is 10.4. The van der Waals surface area contributed by atoms with Gasteiger partial charge in [0.1, 0.15) is 11.4 Å². The fourth-order valence-electron chi connectivity index (χ4n) is 2.38. The number of aromatic nitrogens is 1. The average Bonchev–Trinajstić information content (AvgIpc) is 2.48. The van der Waals surface area contributed by atoms with E-state index < -0.39 is 0 Å². The van der Waals surface area contributed by atoms with Crippen LogP contribution in [0.5, 0.6) is 5.75 Å². The van der Waals surface area contributed by atoms with Gasteiger partial charge in [-0.15, -0.1) is 0 Å². The van der Waals surface area contributed by atoms with Gasteiger partial charge in [0, 0.05) is 23.6 Å². The van der Waals surface area contributed by atoms with Gasteiger partial charge in [-0.1, -0.05) is 32.0 Å². The summed E-state index contributed by atoms with van der Waals surface area (Å²) < 4.78 is 5.40. The lowest BCUT2D eigenvalue weighted by atomic mass is 9.99. The van der Waals surface area contributed by atoms with Crippen LogP contribution in [0.15, 0.2) is 30.3 Å². The summed E-state index contributed by atoms with van der Waals surface area (Å²) in [4.78, 5) is 3.11. The van der Waals surface area contributed by atoms with Crippen LogP contribution in [0.1, 0.15) is 25.2 Å². The Balaban J connectivity index is 2.64. The van der Waals surface area contributed by atoms with Gasteiger partial charge in [0.15, 0.2) is 11.8 Å². The molecule has 2 rings (SSSR count). The number of benzene rings is 1. The molecule has 0 amide bonds. The SMILES string of the molecule is COc1ccccc1-c1cc(CC(C)C)[nH+]c(C#N)c1N. The molecule has 21 heavy (non-hydrogen) atoms. The molecule has 0 saturated heterocycles. The molecule has 0 aliphatic rings. The Morgan fingerprint density at radius 3 is 2.62 bits per heavy atom. The number of nitrogens with two attached hydrogens (primary N) is 1. The van der Waals surface area contributed by atoms with Gasteiger partial charge in [0.05, 0.1) is 7.11 Å². The number of nitrogen functional groups attached to an aromatic ring is 1. The molecule has 0 unspecified atom stereocenters. The van der Waals surface area contributed by atoms with E-state index in [9.17, 15) is 5.26 Å². The molecule has 1 aromatic heterocycles. The predicted octanol–water partition coefficient (Wildman–Crippen LogP) is 2.83. The van der Waals surface area contributed by atoms with Crippen LogP contribution in [-0.4, -0.2) is 7.11 Å². The molecular formula is C17H20N3O+. The molecule has 0 saturated carbocycles. The minimum absolute atomic E-state index is 0.397. The Bertz CT molecular complexity index is 687. The summed E-state index contributed by atoms with van der Waals surface area (Å²) in [5.74, 6) is 1.23. The van der Waals surface area contributed by atoms with Crippen molar-refractivity contribution in [2.75, 3.05) is 12.8 Å². The van der Waals surface area contributed by atoms with Gasteiger partial charge in [0.25, 0.3) is 0 Å². The lowest BCUT2D eigenvalue weighted by Gasteiger charge is -2.11. The van der Waals surface area contributed by atoms with Gasteiger partial charge in [0.2, 0.25) is 0 Å². The Labute approximate surface area is 125 Å². The van der Waals surface area contributed by atoms with Crippen LogP contribution >= 0.6 is 0 Å². The number of methoxy groups -OCH3 is 1. The van der Waals surface area contributed by atoms with Gasteiger partial charge in [-0.05, 0) is 12.0 Å². The number of nitriles is 1. The molecule has 0 atom stereocenters. The first-order chi connectivity index (χ1) is 10.1. The molecule has 4 heteroatoms. The van der Waals surface area contributed by atoms with E-state index in [0.717, 1.165) is 29.0 Å². The van der Waals surface area contributed by atoms with Crippen LogP contribution in [0.2, 0.25) is 0 Å². The molecule has 2 aromatic rings. The first-order valence-corrected chi connectivity index (χ1v) is 6.95. The molecule has 0 aliphatic heterocycles. The highest BCUT2D eigenvalue weighted by molar-refractivity contribution is 5.82. The zero-order chi connectivity index (χ0) is 15.4. The van der Waals surface area contributed by atoms with E-state index in [4.69, 9.17) is 10.5 Å². The van der Waals surface area contributed by atoms with Gasteiger partial charge in [-0.2, -0.15) is 10.2 Å². The molecular weight excluding hydrogens is 262 g/mol. The van der Waals surface area contributed by atoms with Crippen LogP contribution in [0.25, 0.3) is 11.1 Å². The molecule has 1 aromatic carbocycles. The molecule has 108 valence electrons. The minimum atomic E-state index is 0.397. The smallest absolute Gasteiger partial charge is 0.305 e. The van der Waals surface area contributed by atoms with E-state index >= 15 is 0 Å². The van der Waals surface area contributed by atoms with E-state index in [1.807, 2.05) is 30.3 Å². The van der Waals surface area contributed by atoms with E-state index in [1.165, 1.54) is 0 Å². The number of hydrogen-bond acceptors (Lipinski definition) is 3. The zero-order valence-electron chi connectivity index (χ0n) is 12.6. The second-order valence-corrected chi connectivity index (χ2v) is 5.41. The Morgan fingerprint density at radius 2 is 2.00 bits per heavy atom. The Hall–Kier alpha value is -2.54. The van der Waals surface area contributed by atoms with Crippen molar-refractivity contribution in [1.29, 1.82) is 5.26 Å². The number of nitrogens with one attached hydrogen (secondary N) is 1. The van der Waals surface area contributed by atoms with Crippen molar-refractivity contribution in [1.82, 2.24) is 0 Å². The molecule has 0 spiro atoms. The first kappa shape index (κ1) is 14.9. The van der Waals surface area contributed by atoms with Crippen molar-refractivity contribution < 1.29 is 9.72 Å². The van der Waals surface area contributed by atoms with Crippen LogP contribution in [0, 0.1) is 17.2 Å². The van der Waals surface area contributed by atoms with Crippen molar-refractivity contribution >= 4 is 5.69 Å². The minimum Gasteiger partial charge on any atom is -0.496 e. The van der Waals surface area contributed by atoms with Crippen LogP contribution < -0.4 is 15.5 Å². The monoisotopic (exact) mass is 282 g/mol. The van der Waals surface area contributed by atoms with Crippen molar-refractivity contribution in [3.63, 3.8) is 0 Å². The van der Waals surface area contributed by atoms with Gasteiger partial charge >= 0.3 is 5.69 Å². The number of para-hydroxylation sites is 1. The van der Waals surface area contributed by atoms with Crippen molar-refractivity contribution in [3.05, 3.63) is 41.7 Å². The lowest BCUT2D eigenvalue weighted by molar-refractivity contribution is -0.393. The fraction of sp³-hybridized carbons (Fsp3) is 0.294. The van der Waals surface area contributed by atoms with E-state index in [1.54, 1.807) is 7.11 Å². The number of ether oxygens (including phenoxy) is 1. The fourth-order valence-corrected chi connectivity index (χ4v) is 2.38. The maximum absolute atomic E-state index is 9.28. The topological polar surface area (TPSA) is 73.2 Å². The quantitative estimate of drug-likeness (QED) is 0.937. The third-order valence-corrected chi connectivity index (χ3v) is 3.30. The molecule has 0 radical (unpaired) electrons. The van der Waals surface area contributed by atoms with Gasteiger partial charge in [-0.3, -0.25) is 0 Å². The van der Waals surface area contributed by atoms with Crippen molar-refractivity contribution in [2.24, 2.45) is 5.92 Å². The standard InChI is InChI=1S/C17H19N3O/c1-11(2)8-12-9-14(17(19)15(10-18)20-12)13-6-4-5-7-16(13)21-3/h4-7,9,11H,8,19H2,1-3H3/p+1. The van der Waals surface area contributed by atoms with E-state index in [-0.39, 0.29) is 0 Å². The second kappa shape index (κ2) is 6.27. The maximum atomic E-state index is 9.28. The summed E-state index contributed by atoms with van der Waals surface area (Å²) >= 11 is 0. The van der Waals surface area contributed by atoms with Gasteiger partial charge < -0.3 is 10.5 Å². The highest BCUT2D eigenvalue weighted by Crippen LogP contribution is 2.34. The number of H-pyrrole nitrogens is 1. The molecule has 4 nitrogen and oxygen atoms in total. The maximum Gasteiger partial charge on any atom is 0.305 e. The summed E-state index contributed by atoms with van der Waals surface area (Å²) in [6, 6.07) is 11.8. The molecule has 0 aliphatic carbocycles. The van der Waals surface area contributed by atoms with E-state index in [2.05, 4.69) is 24.9 Å². The number of hydrogen-bond donors (Lipinski definition) is 1. The summed E-state index contributed by atoms with van der Waals surface area (Å²) in [5, 5.41) is 9.28. The molecule has 0 bridgehead atoms. The third kappa shape index (κ3) is 3.14. The zero-order valence-corrected chi connectivity index (χ0v) is 12.6. The number of nitrogens with zero attached hydrogens (tertiary/aromatic N) is 1. The number of aromatic amines is 1. The third-order valence-electron chi connectivity index (χ3n) is 3.30. The predicted molar refractivity (Wildman–Crippen MR) is 82.7 cm³/mol. The summed E-state index contributed by atoms with van der Waals surface area (Å²) in [5.41, 5.74) is 9.72. The largest absolute Gasteiger partial charge is 0.496 e. The van der Waals surface area contributed by atoms with Gasteiger partial charge in [-0.25, -0.2) is 0 Å². The summed E-state index contributed by atoms with van der Waals surface area (Å²) in [7, 11) is 1.63. The average molecular weight is 282 g/mol. The number of rotatable bonds is 4. The highest BCUT2D eigenvalue weighted by atomic mass is 16.5. The lowest BCUT2D eigenvalue weighted by Crippen LogP contribution is -2.20. The number of pyridine rings is 1. The number of anilines is 1. The van der Waals surface area contributed by atoms with E-state index in [0.29, 0.717) is 17.3 Å². The molecule has 3 N–H and O–H groups in total. The second-order valence-electron chi connectivity index (χ2n) is 5.41. The Morgan fingerprint density at radius 1 is 1.29 bits per heavy atom. The van der Waals surface area contributed by atoms with Crippen molar-refractivity contribution in [2.45, 2.75) is 20.3 Å². The Kier molecular flexibility index (Phi) is 4.44. The molecule has 0 fully saturated rings. The molecule has 1 heterocycles. The van der Waals surface area contributed by atoms with Crippen LogP contribution in [0.3, 0.4) is 0 Å². The van der Waals surface area contributed by atoms with Crippen molar-refractivity contribution in [3.8, 4) is 22.9 Å². The van der Waals surface area contributed by atoms with Crippen LogP contribution in [0.4, 0.5) is 5.69 Å². The first-order valence-electron chi connectivity index (χ1n) is 6.95. The highest BCUT2D eigenvalue weighted by Gasteiger charge is 2.19. The summed E-state index contributed by atoms with van der Waals surface area (Å²) in [6.45, 7) is 4.28. The summed E-state index contributed by atoms with van der Waals surface area (Å²) in [6.07, 6.45) is 0.858.